The van der Waals surface area contributed by atoms with Crippen LogP contribution in [0.1, 0.15) is 10.6 Å². The highest BCUT2D eigenvalue weighted by molar-refractivity contribution is 7.79. The van der Waals surface area contributed by atoms with Crippen LogP contribution in [0.2, 0.25) is 0 Å². The molecular formula is C11H11NS2. The number of nitrogens with zero attached hydrogens (tertiary/aromatic N) is 1. The Balaban J connectivity index is 2.44. The normalized spacial score (nSPS) is 10.4. The van der Waals surface area contributed by atoms with Gasteiger partial charge in [-0.2, -0.15) is 12.6 Å². The minimum atomic E-state index is 0.719. The zero-order valence-electron chi connectivity index (χ0n) is 7.90. The van der Waals surface area contributed by atoms with Crippen molar-refractivity contribution in [2.75, 3.05) is 0 Å². The predicted molar refractivity (Wildman–Crippen MR) is 65.0 cm³/mol. The second-order valence-corrected chi connectivity index (χ2v) is 4.36. The molecule has 0 radical (unpaired) electrons. The first kappa shape index (κ1) is 9.74. The molecule has 3 heteroatoms. The molecule has 0 aliphatic rings. The Kier molecular flexibility index (Phi) is 2.89. The molecule has 0 amide bonds. The van der Waals surface area contributed by atoms with E-state index >= 15 is 0 Å². The summed E-state index contributed by atoms with van der Waals surface area (Å²) in [6.07, 6.45) is 0. The Bertz CT molecular complexity index is 434. The first-order valence-corrected chi connectivity index (χ1v) is 5.93. The van der Waals surface area contributed by atoms with Gasteiger partial charge in [-0.3, -0.25) is 0 Å². The maximum Gasteiger partial charge on any atom is 0.103 e. The van der Waals surface area contributed by atoms with Crippen LogP contribution in [0.5, 0.6) is 0 Å². The van der Waals surface area contributed by atoms with Gasteiger partial charge in [0.1, 0.15) is 5.01 Å². The summed E-state index contributed by atoms with van der Waals surface area (Å²) >= 11 is 5.88. The third-order valence-electron chi connectivity index (χ3n) is 2.11. The SMILES string of the molecule is Cc1ccccc1-c1csc(CS)n1. The molecule has 0 unspecified atom stereocenters. The van der Waals surface area contributed by atoms with E-state index < -0.39 is 0 Å². The van der Waals surface area contributed by atoms with E-state index in [1.54, 1.807) is 11.3 Å². The Morgan fingerprint density at radius 1 is 1.36 bits per heavy atom. The lowest BCUT2D eigenvalue weighted by molar-refractivity contribution is 1.27. The van der Waals surface area contributed by atoms with Crippen molar-refractivity contribution in [1.82, 2.24) is 4.98 Å². The molecule has 72 valence electrons. The number of thiazole rings is 1. The average Bonchev–Trinajstić information content (AvgIpc) is 2.67. The summed E-state index contributed by atoms with van der Waals surface area (Å²) < 4.78 is 0. The largest absolute Gasteiger partial charge is 0.240 e. The van der Waals surface area contributed by atoms with Crippen LogP contribution in [-0.2, 0) is 5.75 Å². The van der Waals surface area contributed by atoms with Crippen LogP contribution in [0.25, 0.3) is 11.3 Å². The van der Waals surface area contributed by atoms with Gasteiger partial charge in [-0.25, -0.2) is 4.98 Å². The maximum atomic E-state index is 4.50. The van der Waals surface area contributed by atoms with Gasteiger partial charge in [-0.1, -0.05) is 24.3 Å². The van der Waals surface area contributed by atoms with Gasteiger partial charge in [0.2, 0.25) is 0 Å². The maximum absolute atomic E-state index is 4.50. The van der Waals surface area contributed by atoms with Crippen LogP contribution in [0.15, 0.2) is 29.6 Å². The molecule has 0 saturated heterocycles. The number of thiol groups is 1. The monoisotopic (exact) mass is 221 g/mol. The van der Waals surface area contributed by atoms with Gasteiger partial charge in [-0.15, -0.1) is 11.3 Å². The standard InChI is InChI=1S/C11H11NS2/c1-8-4-2-3-5-9(8)10-7-14-11(6-13)12-10/h2-5,7,13H,6H2,1H3. The number of benzene rings is 1. The molecular weight excluding hydrogens is 210 g/mol. The lowest BCUT2D eigenvalue weighted by Crippen LogP contribution is -1.83. The van der Waals surface area contributed by atoms with E-state index in [1.807, 2.05) is 12.1 Å². The van der Waals surface area contributed by atoms with Crippen LogP contribution in [0.4, 0.5) is 0 Å². The van der Waals surface area contributed by atoms with Crippen molar-refractivity contribution in [1.29, 1.82) is 0 Å². The molecule has 2 rings (SSSR count). The van der Waals surface area contributed by atoms with E-state index in [0.717, 1.165) is 16.5 Å². The molecule has 1 nitrogen and oxygen atoms in total. The fraction of sp³-hybridized carbons (Fsp3) is 0.182. The summed E-state index contributed by atoms with van der Waals surface area (Å²) in [5.41, 5.74) is 3.55. The van der Waals surface area contributed by atoms with Crippen LogP contribution in [0.3, 0.4) is 0 Å². The lowest BCUT2D eigenvalue weighted by Gasteiger charge is -2.00. The van der Waals surface area contributed by atoms with Gasteiger partial charge in [0.25, 0.3) is 0 Å². The van der Waals surface area contributed by atoms with E-state index in [2.05, 4.69) is 42.0 Å². The van der Waals surface area contributed by atoms with Gasteiger partial charge < -0.3 is 0 Å². The highest BCUT2D eigenvalue weighted by atomic mass is 32.1. The van der Waals surface area contributed by atoms with Gasteiger partial charge >= 0.3 is 0 Å². The highest BCUT2D eigenvalue weighted by Gasteiger charge is 2.04. The molecule has 14 heavy (non-hydrogen) atoms. The molecule has 0 bridgehead atoms. The summed E-state index contributed by atoms with van der Waals surface area (Å²) in [5.74, 6) is 0.719. The fourth-order valence-electron chi connectivity index (χ4n) is 1.37. The Morgan fingerprint density at radius 3 is 2.79 bits per heavy atom. The van der Waals surface area contributed by atoms with Crippen molar-refractivity contribution in [3.63, 3.8) is 0 Å². The number of aromatic nitrogens is 1. The van der Waals surface area contributed by atoms with E-state index in [4.69, 9.17) is 0 Å². The number of hydrogen-bond acceptors (Lipinski definition) is 3. The van der Waals surface area contributed by atoms with E-state index in [1.165, 1.54) is 11.1 Å². The molecule has 1 aromatic carbocycles. The third-order valence-corrected chi connectivity index (χ3v) is 3.47. The summed E-state index contributed by atoms with van der Waals surface area (Å²) in [4.78, 5) is 4.50. The molecule has 0 saturated carbocycles. The topological polar surface area (TPSA) is 12.9 Å². The predicted octanol–water partition coefficient (Wildman–Crippen LogP) is 3.55. The van der Waals surface area contributed by atoms with E-state index in [0.29, 0.717) is 0 Å². The number of rotatable bonds is 2. The van der Waals surface area contributed by atoms with Crippen molar-refractivity contribution < 1.29 is 0 Å². The van der Waals surface area contributed by atoms with Crippen LogP contribution < -0.4 is 0 Å². The Morgan fingerprint density at radius 2 is 2.14 bits per heavy atom. The zero-order valence-corrected chi connectivity index (χ0v) is 9.61. The second kappa shape index (κ2) is 4.15. The molecule has 0 fully saturated rings. The summed E-state index contributed by atoms with van der Waals surface area (Å²) in [6.45, 7) is 2.11. The van der Waals surface area contributed by atoms with Crippen molar-refractivity contribution in [3.05, 3.63) is 40.2 Å². The van der Waals surface area contributed by atoms with Crippen LogP contribution in [0, 0.1) is 6.92 Å². The molecule has 0 N–H and O–H groups in total. The summed E-state index contributed by atoms with van der Waals surface area (Å²) in [6, 6.07) is 8.30. The molecule has 0 atom stereocenters. The first-order valence-electron chi connectivity index (χ1n) is 4.42. The fourth-order valence-corrected chi connectivity index (χ4v) is 2.31. The van der Waals surface area contributed by atoms with Crippen molar-refractivity contribution in [3.8, 4) is 11.3 Å². The Hall–Kier alpha value is -0.800. The smallest absolute Gasteiger partial charge is 0.103 e. The molecule has 1 aromatic heterocycles. The van der Waals surface area contributed by atoms with Gasteiger partial charge in [0.15, 0.2) is 0 Å². The minimum absolute atomic E-state index is 0.719. The quantitative estimate of drug-likeness (QED) is 0.765. The van der Waals surface area contributed by atoms with Crippen LogP contribution >= 0.6 is 24.0 Å². The van der Waals surface area contributed by atoms with Crippen molar-refractivity contribution in [2.24, 2.45) is 0 Å². The van der Waals surface area contributed by atoms with E-state index in [9.17, 15) is 0 Å². The summed E-state index contributed by atoms with van der Waals surface area (Å²) in [5, 5.41) is 3.17. The minimum Gasteiger partial charge on any atom is -0.240 e. The van der Waals surface area contributed by atoms with Gasteiger partial charge in [-0.05, 0) is 12.5 Å². The average molecular weight is 221 g/mol. The lowest BCUT2D eigenvalue weighted by atomic mass is 10.1. The van der Waals surface area contributed by atoms with Crippen molar-refractivity contribution in [2.45, 2.75) is 12.7 Å². The second-order valence-electron chi connectivity index (χ2n) is 3.10. The van der Waals surface area contributed by atoms with Gasteiger partial charge in [0.05, 0.1) is 5.69 Å². The third kappa shape index (κ3) is 1.83. The molecule has 2 aromatic rings. The highest BCUT2D eigenvalue weighted by Crippen LogP contribution is 2.25. The summed E-state index contributed by atoms with van der Waals surface area (Å²) in [7, 11) is 0. The zero-order chi connectivity index (χ0) is 9.97. The van der Waals surface area contributed by atoms with Gasteiger partial charge in [0, 0.05) is 16.7 Å². The number of aryl methyl sites for hydroxylation is 1. The molecule has 0 aliphatic carbocycles. The molecule has 1 heterocycles. The van der Waals surface area contributed by atoms with E-state index in [-0.39, 0.29) is 0 Å². The number of hydrogen-bond donors (Lipinski definition) is 1. The first-order chi connectivity index (χ1) is 6.81. The van der Waals surface area contributed by atoms with Crippen LogP contribution in [-0.4, -0.2) is 4.98 Å². The Labute approximate surface area is 93.2 Å². The molecule has 0 aliphatic heterocycles. The molecule has 0 spiro atoms. The van der Waals surface area contributed by atoms with Crippen molar-refractivity contribution >= 4 is 24.0 Å².